The first-order chi connectivity index (χ1) is 6.22. The monoisotopic (exact) mass is 255 g/mol. The van der Waals surface area contributed by atoms with Crippen LogP contribution in [-0.2, 0) is 0 Å². The van der Waals surface area contributed by atoms with Crippen LogP contribution in [0.3, 0.4) is 0 Å². The molecule has 1 aromatic carbocycles. The number of hydrogen-bond donors (Lipinski definition) is 1. The third-order valence-corrected chi connectivity index (χ3v) is 2.53. The zero-order valence-electron chi connectivity index (χ0n) is 6.31. The molecule has 0 spiro atoms. The van der Waals surface area contributed by atoms with Crippen LogP contribution >= 0.6 is 27.5 Å². The molecule has 0 unspecified atom stereocenters. The Hall–Kier alpha value is -1.05. The zero-order chi connectivity index (χ0) is 9.42. The van der Waals surface area contributed by atoms with Crippen LogP contribution in [0.5, 0.6) is 0 Å². The minimum Gasteiger partial charge on any atom is -0.276 e. The molecular weight excluding hydrogens is 253 g/mol. The van der Waals surface area contributed by atoms with Crippen LogP contribution < -0.4 is 0 Å². The van der Waals surface area contributed by atoms with Gasteiger partial charge in [0.1, 0.15) is 6.07 Å². The molecule has 0 atom stereocenters. The van der Waals surface area contributed by atoms with Gasteiger partial charge in [0.15, 0.2) is 5.69 Å². The lowest BCUT2D eigenvalue weighted by atomic mass is 10.2. The fraction of sp³-hybridized carbons (Fsp3) is 0. The Bertz CT molecular complexity index is 512. The van der Waals surface area contributed by atoms with Gasteiger partial charge in [-0.05, 0) is 28.1 Å². The quantitative estimate of drug-likeness (QED) is 0.788. The van der Waals surface area contributed by atoms with Crippen molar-refractivity contribution >= 4 is 38.4 Å². The molecular formula is C8H3BrClN3. The first-order valence-electron chi connectivity index (χ1n) is 3.45. The normalized spacial score (nSPS) is 10.2. The number of fused-ring (bicyclic) bond motifs is 1. The van der Waals surface area contributed by atoms with E-state index in [0.29, 0.717) is 10.7 Å². The first kappa shape index (κ1) is 8.54. The van der Waals surface area contributed by atoms with E-state index in [2.05, 4.69) is 26.1 Å². The van der Waals surface area contributed by atoms with Crippen LogP contribution in [0.4, 0.5) is 0 Å². The van der Waals surface area contributed by atoms with Crippen molar-refractivity contribution in [1.29, 1.82) is 5.26 Å². The fourth-order valence-electron chi connectivity index (χ4n) is 1.16. The topological polar surface area (TPSA) is 52.5 Å². The van der Waals surface area contributed by atoms with Gasteiger partial charge in [-0.3, -0.25) is 5.10 Å². The second kappa shape index (κ2) is 3.02. The van der Waals surface area contributed by atoms with Crippen molar-refractivity contribution in [3.05, 3.63) is 27.3 Å². The summed E-state index contributed by atoms with van der Waals surface area (Å²) in [6.45, 7) is 0. The number of nitriles is 1. The number of nitrogens with zero attached hydrogens (tertiary/aromatic N) is 2. The van der Waals surface area contributed by atoms with Crippen molar-refractivity contribution < 1.29 is 0 Å². The van der Waals surface area contributed by atoms with E-state index < -0.39 is 0 Å². The van der Waals surface area contributed by atoms with Crippen LogP contribution in [0.25, 0.3) is 10.9 Å². The Labute approximate surface area is 87.4 Å². The van der Waals surface area contributed by atoms with Crippen molar-refractivity contribution in [2.75, 3.05) is 0 Å². The molecule has 0 aliphatic heterocycles. The highest BCUT2D eigenvalue weighted by Gasteiger charge is 2.09. The van der Waals surface area contributed by atoms with E-state index in [0.717, 1.165) is 15.4 Å². The van der Waals surface area contributed by atoms with Gasteiger partial charge in [-0.2, -0.15) is 10.4 Å². The molecule has 0 fully saturated rings. The molecule has 0 bridgehead atoms. The Morgan fingerprint density at radius 3 is 3.00 bits per heavy atom. The molecule has 1 N–H and O–H groups in total. The lowest BCUT2D eigenvalue weighted by Gasteiger charge is -1.94. The van der Waals surface area contributed by atoms with Gasteiger partial charge >= 0.3 is 0 Å². The third-order valence-electron chi connectivity index (χ3n) is 1.69. The van der Waals surface area contributed by atoms with Crippen molar-refractivity contribution in [1.82, 2.24) is 10.2 Å². The maximum atomic E-state index is 8.73. The van der Waals surface area contributed by atoms with Gasteiger partial charge in [-0.1, -0.05) is 11.6 Å². The molecule has 64 valence electrons. The summed E-state index contributed by atoms with van der Waals surface area (Å²) in [5.41, 5.74) is 1.13. The van der Waals surface area contributed by atoms with E-state index >= 15 is 0 Å². The second-order valence-corrected chi connectivity index (χ2v) is 3.78. The summed E-state index contributed by atoms with van der Waals surface area (Å²) < 4.78 is 0.778. The predicted molar refractivity (Wildman–Crippen MR) is 53.5 cm³/mol. The molecule has 0 radical (unpaired) electrons. The number of benzene rings is 1. The maximum absolute atomic E-state index is 8.73. The SMILES string of the molecule is N#Cc1n[nH]c2cc(Cl)cc(Br)c12. The molecule has 0 saturated carbocycles. The summed E-state index contributed by atoms with van der Waals surface area (Å²) in [4.78, 5) is 0. The van der Waals surface area contributed by atoms with E-state index in [1.165, 1.54) is 0 Å². The van der Waals surface area contributed by atoms with E-state index in [9.17, 15) is 0 Å². The van der Waals surface area contributed by atoms with E-state index in [1.54, 1.807) is 12.1 Å². The number of halogens is 2. The van der Waals surface area contributed by atoms with Gasteiger partial charge in [0.05, 0.1) is 10.9 Å². The van der Waals surface area contributed by atoms with E-state index in [-0.39, 0.29) is 0 Å². The number of aromatic amines is 1. The lowest BCUT2D eigenvalue weighted by molar-refractivity contribution is 1.10. The highest BCUT2D eigenvalue weighted by Crippen LogP contribution is 2.28. The van der Waals surface area contributed by atoms with Gasteiger partial charge in [-0.25, -0.2) is 0 Å². The number of aromatic nitrogens is 2. The van der Waals surface area contributed by atoms with Gasteiger partial charge < -0.3 is 0 Å². The smallest absolute Gasteiger partial charge is 0.171 e. The Balaban J connectivity index is 2.92. The molecule has 2 rings (SSSR count). The Kier molecular flexibility index (Phi) is 1.98. The molecule has 2 aromatic rings. The molecule has 0 amide bonds. The molecule has 1 heterocycles. The van der Waals surface area contributed by atoms with Crippen LogP contribution in [0.2, 0.25) is 5.02 Å². The highest BCUT2D eigenvalue weighted by atomic mass is 79.9. The Morgan fingerprint density at radius 1 is 1.54 bits per heavy atom. The van der Waals surface area contributed by atoms with Gasteiger partial charge in [0.2, 0.25) is 0 Å². The van der Waals surface area contributed by atoms with Crippen LogP contribution in [0.1, 0.15) is 5.69 Å². The van der Waals surface area contributed by atoms with E-state index in [1.807, 2.05) is 6.07 Å². The maximum Gasteiger partial charge on any atom is 0.171 e. The third kappa shape index (κ3) is 1.30. The minimum absolute atomic E-state index is 0.374. The van der Waals surface area contributed by atoms with Crippen molar-refractivity contribution in [3.63, 3.8) is 0 Å². The molecule has 0 aliphatic carbocycles. The summed E-state index contributed by atoms with van der Waals surface area (Å²) in [6.07, 6.45) is 0. The zero-order valence-corrected chi connectivity index (χ0v) is 8.65. The number of nitrogens with one attached hydrogen (secondary N) is 1. The predicted octanol–water partition coefficient (Wildman–Crippen LogP) is 2.85. The van der Waals surface area contributed by atoms with Crippen molar-refractivity contribution in [3.8, 4) is 6.07 Å². The summed E-state index contributed by atoms with van der Waals surface area (Å²) in [7, 11) is 0. The molecule has 5 heteroatoms. The molecule has 0 aliphatic rings. The van der Waals surface area contributed by atoms with Crippen LogP contribution in [-0.4, -0.2) is 10.2 Å². The second-order valence-electron chi connectivity index (χ2n) is 2.49. The summed E-state index contributed by atoms with van der Waals surface area (Å²) in [5.74, 6) is 0. The van der Waals surface area contributed by atoms with Crippen molar-refractivity contribution in [2.45, 2.75) is 0 Å². The average Bonchev–Trinajstić information content (AvgIpc) is 2.47. The van der Waals surface area contributed by atoms with Gasteiger partial charge in [0, 0.05) is 9.50 Å². The van der Waals surface area contributed by atoms with Crippen molar-refractivity contribution in [2.24, 2.45) is 0 Å². The Morgan fingerprint density at radius 2 is 2.31 bits per heavy atom. The van der Waals surface area contributed by atoms with E-state index in [4.69, 9.17) is 16.9 Å². The largest absolute Gasteiger partial charge is 0.276 e. The molecule has 1 aromatic heterocycles. The molecule has 13 heavy (non-hydrogen) atoms. The van der Waals surface area contributed by atoms with Gasteiger partial charge in [-0.15, -0.1) is 0 Å². The highest BCUT2D eigenvalue weighted by molar-refractivity contribution is 9.10. The standard InChI is InChI=1S/C8H3BrClN3/c9-5-1-4(10)2-6-8(5)7(3-11)13-12-6/h1-2H,(H,12,13). The summed E-state index contributed by atoms with van der Waals surface area (Å²) in [6, 6.07) is 5.46. The average molecular weight is 256 g/mol. The molecule has 0 saturated heterocycles. The van der Waals surface area contributed by atoms with Crippen LogP contribution in [0, 0.1) is 11.3 Å². The molecule has 3 nitrogen and oxygen atoms in total. The summed E-state index contributed by atoms with van der Waals surface area (Å²) >= 11 is 9.14. The first-order valence-corrected chi connectivity index (χ1v) is 4.62. The minimum atomic E-state index is 0.374. The number of hydrogen-bond acceptors (Lipinski definition) is 2. The summed E-state index contributed by atoms with van der Waals surface area (Å²) in [5, 5.41) is 16.7. The fourth-order valence-corrected chi connectivity index (χ4v) is 2.15. The number of rotatable bonds is 0. The van der Waals surface area contributed by atoms with Crippen LogP contribution in [0.15, 0.2) is 16.6 Å². The lowest BCUT2D eigenvalue weighted by Crippen LogP contribution is -1.74. The number of H-pyrrole nitrogens is 1. The van der Waals surface area contributed by atoms with Gasteiger partial charge in [0.25, 0.3) is 0 Å².